The van der Waals surface area contributed by atoms with Gasteiger partial charge in [-0.05, 0) is 43.9 Å². The highest BCUT2D eigenvalue weighted by atomic mass is 32.2. The van der Waals surface area contributed by atoms with Gasteiger partial charge in [0.05, 0.1) is 4.90 Å². The molecule has 0 fully saturated rings. The van der Waals surface area contributed by atoms with Gasteiger partial charge in [-0.15, -0.1) is 5.10 Å². The number of benzene rings is 1. The molecule has 1 aromatic heterocycles. The minimum Gasteiger partial charge on any atom is -0.398 e. The zero-order valence-corrected chi connectivity index (χ0v) is 13.1. The summed E-state index contributed by atoms with van der Waals surface area (Å²) in [6, 6.07) is 4.41. The van der Waals surface area contributed by atoms with E-state index in [1.165, 1.54) is 35.5 Å². The van der Waals surface area contributed by atoms with Crippen molar-refractivity contribution in [1.29, 1.82) is 0 Å². The first kappa shape index (κ1) is 15.6. The summed E-state index contributed by atoms with van der Waals surface area (Å²) in [5.74, 6) is 0. The number of H-pyrrole nitrogens is 1. The molecule has 0 saturated heterocycles. The number of aromatic nitrogens is 3. The van der Waals surface area contributed by atoms with Gasteiger partial charge in [-0.2, -0.15) is 0 Å². The molecule has 0 aliphatic carbocycles. The third-order valence-electron chi connectivity index (χ3n) is 2.80. The Labute approximate surface area is 125 Å². The largest absolute Gasteiger partial charge is 0.398 e. The van der Waals surface area contributed by atoms with E-state index in [4.69, 9.17) is 5.73 Å². The molecule has 0 aliphatic heterocycles. The molecule has 1 heterocycles. The maximum absolute atomic E-state index is 11.7. The van der Waals surface area contributed by atoms with E-state index in [0.29, 0.717) is 22.3 Å². The lowest BCUT2D eigenvalue weighted by Crippen LogP contribution is -2.18. The number of hydrogen-bond donors (Lipinski definition) is 3. The summed E-state index contributed by atoms with van der Waals surface area (Å²) >= 11 is 1.19. The van der Waals surface area contributed by atoms with Crippen molar-refractivity contribution in [2.24, 2.45) is 0 Å². The van der Waals surface area contributed by atoms with Gasteiger partial charge in [0, 0.05) is 17.1 Å². The minimum atomic E-state index is -3.54. The van der Waals surface area contributed by atoms with Gasteiger partial charge >= 0.3 is 5.69 Å². The highest BCUT2D eigenvalue weighted by Gasteiger charge is 2.15. The van der Waals surface area contributed by atoms with Crippen LogP contribution < -0.4 is 16.1 Å². The van der Waals surface area contributed by atoms with E-state index in [1.54, 1.807) is 6.07 Å². The Morgan fingerprint density at radius 3 is 2.76 bits per heavy atom. The fraction of sp³-hybridized carbons (Fsp3) is 0.273. The van der Waals surface area contributed by atoms with Crippen LogP contribution in [0.1, 0.15) is 6.92 Å². The molecule has 21 heavy (non-hydrogen) atoms. The van der Waals surface area contributed by atoms with Crippen molar-refractivity contribution < 1.29 is 8.42 Å². The van der Waals surface area contributed by atoms with Gasteiger partial charge in [-0.25, -0.2) is 23.0 Å². The van der Waals surface area contributed by atoms with Crippen molar-refractivity contribution in [3.8, 4) is 0 Å². The van der Waals surface area contributed by atoms with E-state index in [-0.39, 0.29) is 10.6 Å². The van der Waals surface area contributed by atoms with Gasteiger partial charge in [0.15, 0.2) is 5.16 Å². The predicted molar refractivity (Wildman–Crippen MR) is 79.7 cm³/mol. The lowest BCUT2D eigenvalue weighted by atomic mass is 10.3. The normalized spacial score (nSPS) is 11.7. The minimum absolute atomic E-state index is 0.0850. The Balaban J connectivity index is 2.36. The average Bonchev–Trinajstić information content (AvgIpc) is 2.81. The standard InChI is InChI=1S/C11H15N5O3S2/c1-3-16-10(17)14-15-11(16)20-9-5-4-7(6-8(9)12)21(18,19)13-2/h4-6,13H,3,12H2,1-2H3,(H,14,17). The lowest BCUT2D eigenvalue weighted by molar-refractivity contribution is 0.588. The van der Waals surface area contributed by atoms with Crippen molar-refractivity contribution in [1.82, 2.24) is 19.5 Å². The van der Waals surface area contributed by atoms with Gasteiger partial charge in [-0.3, -0.25) is 4.57 Å². The van der Waals surface area contributed by atoms with Crippen molar-refractivity contribution in [3.63, 3.8) is 0 Å². The zero-order valence-electron chi connectivity index (χ0n) is 11.5. The van der Waals surface area contributed by atoms with E-state index in [2.05, 4.69) is 14.9 Å². The number of sulfonamides is 1. The summed E-state index contributed by atoms with van der Waals surface area (Å²) in [6.45, 7) is 2.30. The molecule has 0 amide bonds. The van der Waals surface area contributed by atoms with Gasteiger partial charge in [0.2, 0.25) is 10.0 Å². The van der Waals surface area contributed by atoms with Gasteiger partial charge in [0.1, 0.15) is 0 Å². The number of nitrogens with two attached hydrogens (primary N) is 1. The second-order valence-electron chi connectivity index (χ2n) is 4.06. The van der Waals surface area contributed by atoms with Crippen molar-refractivity contribution in [2.75, 3.05) is 12.8 Å². The fourth-order valence-corrected chi connectivity index (χ4v) is 3.35. The fourth-order valence-electron chi connectivity index (χ4n) is 1.66. The number of nitrogen functional groups attached to an aromatic ring is 1. The average molecular weight is 329 g/mol. The van der Waals surface area contributed by atoms with Crippen molar-refractivity contribution in [3.05, 3.63) is 28.7 Å². The number of anilines is 1. The Morgan fingerprint density at radius 2 is 2.19 bits per heavy atom. The van der Waals surface area contributed by atoms with E-state index in [9.17, 15) is 13.2 Å². The Kier molecular flexibility index (Phi) is 4.40. The van der Waals surface area contributed by atoms with E-state index in [1.807, 2.05) is 6.92 Å². The molecular weight excluding hydrogens is 314 g/mol. The molecule has 2 rings (SSSR count). The molecule has 0 spiro atoms. The van der Waals surface area contributed by atoms with Crippen LogP contribution in [-0.4, -0.2) is 30.2 Å². The molecule has 114 valence electrons. The SMILES string of the molecule is CCn1c(Sc2ccc(S(=O)(=O)NC)cc2N)n[nH]c1=O. The van der Waals surface area contributed by atoms with E-state index >= 15 is 0 Å². The third kappa shape index (κ3) is 3.12. The molecular formula is C11H15N5O3S2. The highest BCUT2D eigenvalue weighted by Crippen LogP contribution is 2.31. The van der Waals surface area contributed by atoms with E-state index in [0.717, 1.165) is 0 Å². The van der Waals surface area contributed by atoms with Crippen LogP contribution in [0.15, 0.2) is 37.9 Å². The summed E-state index contributed by atoms with van der Waals surface area (Å²) in [4.78, 5) is 12.2. The summed E-state index contributed by atoms with van der Waals surface area (Å²) in [5, 5.41) is 6.75. The van der Waals surface area contributed by atoms with Crippen LogP contribution in [0.2, 0.25) is 0 Å². The molecule has 2 aromatic rings. The second-order valence-corrected chi connectivity index (χ2v) is 6.96. The smallest absolute Gasteiger partial charge is 0.343 e. The molecule has 8 nitrogen and oxygen atoms in total. The van der Waals surface area contributed by atoms with Crippen LogP contribution in [0, 0.1) is 0 Å². The molecule has 4 N–H and O–H groups in total. The molecule has 1 aromatic carbocycles. The van der Waals surface area contributed by atoms with Gasteiger partial charge in [0.25, 0.3) is 0 Å². The van der Waals surface area contributed by atoms with Crippen LogP contribution >= 0.6 is 11.8 Å². The Bertz CT molecular complexity index is 810. The molecule has 0 aliphatic rings. The molecule has 0 unspecified atom stereocenters. The summed E-state index contributed by atoms with van der Waals surface area (Å²) in [7, 11) is -2.20. The first-order valence-electron chi connectivity index (χ1n) is 6.05. The quantitative estimate of drug-likeness (QED) is 0.675. The summed E-state index contributed by atoms with van der Waals surface area (Å²) < 4.78 is 27.1. The molecule has 0 atom stereocenters. The molecule has 10 heteroatoms. The summed E-state index contributed by atoms with van der Waals surface area (Å²) in [5.41, 5.74) is 5.88. The summed E-state index contributed by atoms with van der Waals surface area (Å²) in [6.07, 6.45) is 0. The Hall–Kier alpha value is -1.78. The molecule has 0 bridgehead atoms. The van der Waals surface area contributed by atoms with Crippen molar-refractivity contribution >= 4 is 27.5 Å². The van der Waals surface area contributed by atoms with Gasteiger partial charge < -0.3 is 5.73 Å². The first-order valence-corrected chi connectivity index (χ1v) is 8.35. The van der Waals surface area contributed by atoms with E-state index < -0.39 is 10.0 Å². The molecule has 0 radical (unpaired) electrons. The number of nitrogens with one attached hydrogen (secondary N) is 2. The zero-order chi connectivity index (χ0) is 15.6. The topological polar surface area (TPSA) is 123 Å². The number of rotatable bonds is 5. The van der Waals surface area contributed by atoms with Crippen LogP contribution in [0.25, 0.3) is 0 Å². The Morgan fingerprint density at radius 1 is 1.48 bits per heavy atom. The maximum atomic E-state index is 11.7. The molecule has 0 saturated carbocycles. The van der Waals surface area contributed by atoms with Gasteiger partial charge in [-0.1, -0.05) is 0 Å². The number of nitrogens with zero attached hydrogens (tertiary/aromatic N) is 2. The third-order valence-corrected chi connectivity index (χ3v) is 5.30. The van der Waals surface area contributed by atoms with Crippen LogP contribution in [0.4, 0.5) is 5.69 Å². The second kappa shape index (κ2) is 5.92. The van der Waals surface area contributed by atoms with Crippen LogP contribution in [-0.2, 0) is 16.6 Å². The van der Waals surface area contributed by atoms with Crippen molar-refractivity contribution in [2.45, 2.75) is 28.4 Å². The maximum Gasteiger partial charge on any atom is 0.343 e. The van der Waals surface area contributed by atoms with Crippen LogP contribution in [0.3, 0.4) is 0 Å². The monoisotopic (exact) mass is 329 g/mol. The lowest BCUT2D eigenvalue weighted by Gasteiger charge is -2.08. The number of aromatic amines is 1. The first-order chi connectivity index (χ1) is 9.89. The number of hydrogen-bond acceptors (Lipinski definition) is 6. The van der Waals surface area contributed by atoms with Crippen LogP contribution in [0.5, 0.6) is 0 Å². The predicted octanol–water partition coefficient (Wildman–Crippen LogP) is 0.233. The highest BCUT2D eigenvalue weighted by molar-refractivity contribution is 7.99.